The van der Waals surface area contributed by atoms with Crippen LogP contribution in [0.15, 0.2) is 36.5 Å². The summed E-state index contributed by atoms with van der Waals surface area (Å²) < 4.78 is 16.1. The maximum absolute atomic E-state index is 12.3. The molecule has 0 bridgehead atoms. The van der Waals surface area contributed by atoms with E-state index >= 15 is 0 Å². The standard InChI is InChI=1S/C18H21N3O4/c1-3-23-17-14(5-4-8-19-17)10-20-18(22)21(2)11-13-6-7-15-16(9-13)25-12-24-15/h4-9H,3,10-12H2,1-2H3,(H,20,22). The molecule has 1 aliphatic heterocycles. The predicted molar refractivity (Wildman–Crippen MR) is 91.7 cm³/mol. The predicted octanol–water partition coefficient (Wildman–Crippen LogP) is 2.55. The fourth-order valence-corrected chi connectivity index (χ4v) is 2.52. The van der Waals surface area contributed by atoms with Gasteiger partial charge in [-0.25, -0.2) is 9.78 Å². The Morgan fingerprint density at radius 1 is 1.32 bits per heavy atom. The number of amides is 2. The number of hydrogen-bond acceptors (Lipinski definition) is 5. The third kappa shape index (κ3) is 4.12. The molecule has 0 saturated heterocycles. The third-order valence-corrected chi connectivity index (χ3v) is 3.76. The molecule has 0 saturated carbocycles. The first-order valence-electron chi connectivity index (χ1n) is 8.11. The van der Waals surface area contributed by atoms with Crippen molar-refractivity contribution in [3.8, 4) is 17.4 Å². The first-order chi connectivity index (χ1) is 12.2. The van der Waals surface area contributed by atoms with Crippen molar-refractivity contribution in [2.24, 2.45) is 0 Å². The van der Waals surface area contributed by atoms with Crippen LogP contribution in [0.4, 0.5) is 4.79 Å². The first kappa shape index (κ1) is 16.9. The smallest absolute Gasteiger partial charge is 0.317 e. The number of nitrogens with zero attached hydrogens (tertiary/aromatic N) is 2. The van der Waals surface area contributed by atoms with Crippen LogP contribution >= 0.6 is 0 Å². The lowest BCUT2D eigenvalue weighted by Crippen LogP contribution is -2.36. The van der Waals surface area contributed by atoms with Gasteiger partial charge >= 0.3 is 6.03 Å². The van der Waals surface area contributed by atoms with Crippen LogP contribution in [0.1, 0.15) is 18.1 Å². The number of carbonyl (C=O) groups is 1. The summed E-state index contributed by atoms with van der Waals surface area (Å²) in [7, 11) is 1.74. The van der Waals surface area contributed by atoms with Crippen LogP contribution in [0.25, 0.3) is 0 Å². The van der Waals surface area contributed by atoms with E-state index in [-0.39, 0.29) is 12.8 Å². The minimum Gasteiger partial charge on any atom is -0.478 e. The molecule has 2 aromatic rings. The largest absolute Gasteiger partial charge is 0.478 e. The second-order valence-corrected chi connectivity index (χ2v) is 5.60. The fraction of sp³-hybridized carbons (Fsp3) is 0.333. The molecule has 0 atom stereocenters. The van der Waals surface area contributed by atoms with E-state index in [4.69, 9.17) is 14.2 Å². The minimum atomic E-state index is -0.177. The molecule has 1 aromatic heterocycles. The van der Waals surface area contributed by atoms with Crippen molar-refractivity contribution >= 4 is 6.03 Å². The zero-order valence-corrected chi connectivity index (χ0v) is 14.3. The highest BCUT2D eigenvalue weighted by Crippen LogP contribution is 2.32. The quantitative estimate of drug-likeness (QED) is 0.873. The zero-order chi connectivity index (χ0) is 17.6. The van der Waals surface area contributed by atoms with E-state index < -0.39 is 0 Å². The van der Waals surface area contributed by atoms with E-state index in [1.54, 1.807) is 18.1 Å². The maximum Gasteiger partial charge on any atom is 0.317 e. The van der Waals surface area contributed by atoms with Gasteiger partial charge in [-0.05, 0) is 30.7 Å². The number of benzene rings is 1. The molecule has 0 aliphatic carbocycles. The van der Waals surface area contributed by atoms with Gasteiger partial charge in [0.2, 0.25) is 12.7 Å². The van der Waals surface area contributed by atoms with Crippen molar-refractivity contribution in [1.29, 1.82) is 0 Å². The highest BCUT2D eigenvalue weighted by Gasteiger charge is 2.15. The lowest BCUT2D eigenvalue weighted by Gasteiger charge is -2.18. The number of pyridine rings is 1. The van der Waals surface area contributed by atoms with E-state index in [0.717, 1.165) is 16.9 Å². The van der Waals surface area contributed by atoms with Crippen molar-refractivity contribution in [3.63, 3.8) is 0 Å². The summed E-state index contributed by atoms with van der Waals surface area (Å²) >= 11 is 0. The molecule has 25 heavy (non-hydrogen) atoms. The summed E-state index contributed by atoms with van der Waals surface area (Å²) in [6.45, 7) is 3.49. The number of carbonyl (C=O) groups excluding carboxylic acids is 1. The Balaban J connectivity index is 1.56. The lowest BCUT2D eigenvalue weighted by molar-refractivity contribution is 0.174. The Hall–Kier alpha value is -2.96. The van der Waals surface area contributed by atoms with Crippen molar-refractivity contribution in [1.82, 2.24) is 15.2 Å². The number of fused-ring (bicyclic) bond motifs is 1. The maximum atomic E-state index is 12.3. The van der Waals surface area contributed by atoms with Crippen LogP contribution < -0.4 is 19.5 Å². The molecule has 2 heterocycles. The fourth-order valence-electron chi connectivity index (χ4n) is 2.52. The summed E-state index contributed by atoms with van der Waals surface area (Å²) in [5.74, 6) is 1.99. The average Bonchev–Trinajstić information content (AvgIpc) is 3.08. The highest BCUT2D eigenvalue weighted by atomic mass is 16.7. The Kier molecular flexibility index (Phi) is 5.23. The van der Waals surface area contributed by atoms with Gasteiger partial charge in [-0.1, -0.05) is 12.1 Å². The number of ether oxygens (including phenoxy) is 3. The van der Waals surface area contributed by atoms with Gasteiger partial charge in [0.15, 0.2) is 11.5 Å². The van der Waals surface area contributed by atoms with Gasteiger partial charge in [0.25, 0.3) is 0 Å². The van der Waals surface area contributed by atoms with Gasteiger partial charge in [0, 0.05) is 31.9 Å². The second kappa shape index (κ2) is 7.74. The van der Waals surface area contributed by atoms with Crippen molar-refractivity contribution in [2.45, 2.75) is 20.0 Å². The summed E-state index contributed by atoms with van der Waals surface area (Å²) in [6, 6.07) is 9.19. The molecule has 1 aliphatic rings. The molecule has 0 unspecified atom stereocenters. The molecule has 7 nitrogen and oxygen atoms in total. The minimum absolute atomic E-state index is 0.177. The Morgan fingerprint density at radius 2 is 2.16 bits per heavy atom. The molecule has 7 heteroatoms. The number of hydrogen-bond donors (Lipinski definition) is 1. The van der Waals surface area contributed by atoms with E-state index in [1.165, 1.54) is 0 Å². The van der Waals surface area contributed by atoms with Gasteiger partial charge in [-0.3, -0.25) is 0 Å². The van der Waals surface area contributed by atoms with Crippen LogP contribution in [0.5, 0.6) is 17.4 Å². The second-order valence-electron chi connectivity index (χ2n) is 5.60. The number of rotatable bonds is 6. The van der Waals surface area contributed by atoms with Crippen molar-refractivity contribution in [3.05, 3.63) is 47.7 Å². The molecule has 2 amide bonds. The summed E-state index contributed by atoms with van der Waals surface area (Å²) in [5, 5.41) is 2.88. The van der Waals surface area contributed by atoms with E-state index in [9.17, 15) is 4.79 Å². The van der Waals surface area contributed by atoms with Crippen LogP contribution in [-0.2, 0) is 13.1 Å². The Bertz CT molecular complexity index is 751. The summed E-state index contributed by atoms with van der Waals surface area (Å²) in [6.07, 6.45) is 1.67. The summed E-state index contributed by atoms with van der Waals surface area (Å²) in [5.41, 5.74) is 1.81. The Labute approximate surface area is 146 Å². The van der Waals surface area contributed by atoms with E-state index in [1.807, 2.05) is 37.3 Å². The van der Waals surface area contributed by atoms with Crippen LogP contribution in [-0.4, -0.2) is 36.4 Å². The third-order valence-electron chi connectivity index (χ3n) is 3.76. The van der Waals surface area contributed by atoms with Crippen molar-refractivity contribution < 1.29 is 19.0 Å². The molecule has 132 valence electrons. The molecule has 3 rings (SSSR count). The molecule has 1 aromatic carbocycles. The van der Waals surface area contributed by atoms with E-state index in [0.29, 0.717) is 31.3 Å². The topological polar surface area (TPSA) is 72.9 Å². The van der Waals surface area contributed by atoms with Gasteiger partial charge in [-0.2, -0.15) is 0 Å². The summed E-state index contributed by atoms with van der Waals surface area (Å²) in [4.78, 5) is 18.1. The van der Waals surface area contributed by atoms with Gasteiger partial charge in [-0.15, -0.1) is 0 Å². The molecule has 1 N–H and O–H groups in total. The average molecular weight is 343 g/mol. The van der Waals surface area contributed by atoms with Crippen LogP contribution in [0.3, 0.4) is 0 Å². The normalized spacial score (nSPS) is 11.9. The van der Waals surface area contributed by atoms with Crippen LogP contribution in [0, 0.1) is 0 Å². The zero-order valence-electron chi connectivity index (χ0n) is 14.3. The number of urea groups is 1. The molecular formula is C18H21N3O4. The number of nitrogens with one attached hydrogen (secondary N) is 1. The van der Waals surface area contributed by atoms with Gasteiger partial charge < -0.3 is 24.4 Å². The van der Waals surface area contributed by atoms with Gasteiger partial charge in [0.05, 0.1) is 6.61 Å². The van der Waals surface area contributed by atoms with Crippen LogP contribution in [0.2, 0.25) is 0 Å². The number of aromatic nitrogens is 1. The SMILES string of the molecule is CCOc1ncccc1CNC(=O)N(C)Cc1ccc2c(c1)OCO2. The van der Waals surface area contributed by atoms with Gasteiger partial charge in [0.1, 0.15) is 0 Å². The monoisotopic (exact) mass is 343 g/mol. The lowest BCUT2D eigenvalue weighted by atomic mass is 10.2. The molecule has 0 radical (unpaired) electrons. The molecular weight excluding hydrogens is 322 g/mol. The Morgan fingerprint density at radius 3 is 3.00 bits per heavy atom. The molecule has 0 fully saturated rings. The first-order valence-corrected chi connectivity index (χ1v) is 8.11. The van der Waals surface area contributed by atoms with E-state index in [2.05, 4.69) is 10.3 Å². The van der Waals surface area contributed by atoms with Crippen molar-refractivity contribution in [2.75, 3.05) is 20.4 Å². The molecule has 0 spiro atoms. The highest BCUT2D eigenvalue weighted by molar-refractivity contribution is 5.74.